The first-order valence-electron chi connectivity index (χ1n) is 7.39. The van der Waals surface area contributed by atoms with Crippen molar-refractivity contribution in [3.05, 3.63) is 65.2 Å². The molecule has 7 heteroatoms. The van der Waals surface area contributed by atoms with Crippen molar-refractivity contribution in [2.45, 2.75) is 6.92 Å². The van der Waals surface area contributed by atoms with Gasteiger partial charge in [-0.15, -0.1) is 0 Å². The lowest BCUT2D eigenvalue weighted by Crippen LogP contribution is -2.32. The molecule has 2 N–H and O–H groups in total. The molecule has 0 bridgehead atoms. The second-order valence-electron chi connectivity index (χ2n) is 5.13. The van der Waals surface area contributed by atoms with E-state index in [4.69, 9.17) is 0 Å². The highest BCUT2D eigenvalue weighted by Gasteiger charge is 2.12. The van der Waals surface area contributed by atoms with E-state index in [9.17, 15) is 14.4 Å². The van der Waals surface area contributed by atoms with Crippen LogP contribution in [-0.2, 0) is 14.3 Å². The summed E-state index contributed by atoms with van der Waals surface area (Å²) in [6, 6.07) is 13.5. The maximum absolute atomic E-state index is 11.7. The van der Waals surface area contributed by atoms with E-state index in [0.717, 1.165) is 5.56 Å². The summed E-state index contributed by atoms with van der Waals surface area (Å²) >= 11 is 0. The zero-order valence-electron chi connectivity index (χ0n) is 13.8. The van der Waals surface area contributed by atoms with Crippen LogP contribution in [0.2, 0.25) is 0 Å². The fourth-order valence-corrected chi connectivity index (χ4v) is 1.86. The Morgan fingerprint density at radius 1 is 0.960 bits per heavy atom. The second kappa shape index (κ2) is 8.39. The Morgan fingerprint density at radius 3 is 2.20 bits per heavy atom. The monoisotopic (exact) mass is 339 g/mol. The third kappa shape index (κ3) is 5.28. The van der Waals surface area contributed by atoms with Crippen molar-refractivity contribution in [1.82, 2.24) is 5.43 Å². The summed E-state index contributed by atoms with van der Waals surface area (Å²) in [6.45, 7) is 1.92. The summed E-state index contributed by atoms with van der Waals surface area (Å²) in [7, 11) is 1.30. The average Bonchev–Trinajstić information content (AvgIpc) is 2.63. The zero-order chi connectivity index (χ0) is 18.2. The van der Waals surface area contributed by atoms with Gasteiger partial charge in [0.2, 0.25) is 0 Å². The number of carbonyl (C=O) groups excluding carboxylic acids is 3. The summed E-state index contributed by atoms with van der Waals surface area (Å²) in [4.78, 5) is 34.7. The number of hydrogen-bond donors (Lipinski definition) is 2. The lowest BCUT2D eigenvalue weighted by Gasteiger charge is -2.04. The number of amides is 2. The Bertz CT molecular complexity index is 796. The van der Waals surface area contributed by atoms with Crippen LogP contribution < -0.4 is 10.7 Å². The van der Waals surface area contributed by atoms with Crippen LogP contribution >= 0.6 is 0 Å². The van der Waals surface area contributed by atoms with Gasteiger partial charge in [-0.25, -0.2) is 10.2 Å². The molecule has 0 unspecified atom stereocenters. The van der Waals surface area contributed by atoms with Crippen LogP contribution in [0, 0.1) is 6.92 Å². The van der Waals surface area contributed by atoms with E-state index in [1.807, 2.05) is 19.1 Å². The van der Waals surface area contributed by atoms with Gasteiger partial charge in [0.15, 0.2) is 0 Å². The number of rotatable bonds is 4. The van der Waals surface area contributed by atoms with Gasteiger partial charge in [-0.05, 0) is 36.8 Å². The van der Waals surface area contributed by atoms with Gasteiger partial charge >= 0.3 is 17.8 Å². The quantitative estimate of drug-likeness (QED) is 0.385. The molecule has 128 valence electrons. The maximum atomic E-state index is 11.7. The van der Waals surface area contributed by atoms with Crippen molar-refractivity contribution in [3.8, 4) is 0 Å². The van der Waals surface area contributed by atoms with Crippen LogP contribution in [0.4, 0.5) is 5.69 Å². The Kier molecular flexibility index (Phi) is 6.00. The van der Waals surface area contributed by atoms with Crippen molar-refractivity contribution in [2.75, 3.05) is 12.4 Å². The number of hydrogen-bond acceptors (Lipinski definition) is 5. The number of ether oxygens (including phenoxy) is 1. The second-order valence-corrected chi connectivity index (χ2v) is 5.13. The predicted octanol–water partition coefficient (Wildman–Crippen LogP) is 1.87. The molecule has 0 heterocycles. The molecule has 2 amide bonds. The Balaban J connectivity index is 1.88. The molecule has 0 radical (unpaired) electrons. The molecule has 0 spiro atoms. The minimum atomic E-state index is -0.886. The molecular formula is C18H17N3O4. The highest BCUT2D eigenvalue weighted by Crippen LogP contribution is 2.08. The average molecular weight is 339 g/mol. The van der Waals surface area contributed by atoms with Gasteiger partial charge in [-0.2, -0.15) is 5.10 Å². The minimum absolute atomic E-state index is 0.404. The molecule has 2 aromatic rings. The van der Waals surface area contributed by atoms with Crippen LogP contribution in [-0.4, -0.2) is 31.1 Å². The van der Waals surface area contributed by atoms with Crippen molar-refractivity contribution >= 4 is 29.7 Å². The van der Waals surface area contributed by atoms with Crippen molar-refractivity contribution < 1.29 is 19.1 Å². The Morgan fingerprint density at radius 2 is 1.60 bits per heavy atom. The van der Waals surface area contributed by atoms with Gasteiger partial charge < -0.3 is 10.1 Å². The predicted molar refractivity (Wildman–Crippen MR) is 93.3 cm³/mol. The summed E-state index contributed by atoms with van der Waals surface area (Å²) in [6.07, 6.45) is 1.36. The first-order valence-corrected chi connectivity index (χ1v) is 7.39. The van der Waals surface area contributed by atoms with Crippen LogP contribution in [0.15, 0.2) is 53.6 Å². The highest BCUT2D eigenvalue weighted by molar-refractivity contribution is 6.39. The number of benzene rings is 2. The highest BCUT2D eigenvalue weighted by atomic mass is 16.5. The topological polar surface area (TPSA) is 96.9 Å². The number of esters is 1. The molecule has 0 atom stereocenters. The summed E-state index contributed by atoms with van der Waals surface area (Å²) in [5, 5.41) is 6.18. The molecule has 0 saturated carbocycles. The van der Waals surface area contributed by atoms with E-state index in [-0.39, 0.29) is 0 Å². The molecule has 25 heavy (non-hydrogen) atoms. The minimum Gasteiger partial charge on any atom is -0.465 e. The normalized spacial score (nSPS) is 10.3. The smallest absolute Gasteiger partial charge is 0.337 e. The lowest BCUT2D eigenvalue weighted by atomic mass is 10.1. The number of hydrazone groups is 1. The van der Waals surface area contributed by atoms with E-state index in [0.29, 0.717) is 16.8 Å². The molecule has 0 aliphatic heterocycles. The van der Waals surface area contributed by atoms with E-state index in [1.165, 1.54) is 13.3 Å². The third-order valence-corrected chi connectivity index (χ3v) is 3.23. The Hall–Kier alpha value is -3.48. The lowest BCUT2D eigenvalue weighted by molar-refractivity contribution is -0.136. The van der Waals surface area contributed by atoms with Gasteiger partial charge in [0.25, 0.3) is 0 Å². The first kappa shape index (κ1) is 17.9. The van der Waals surface area contributed by atoms with Crippen LogP contribution in [0.25, 0.3) is 0 Å². The molecular weight excluding hydrogens is 322 g/mol. The molecule has 7 nitrogen and oxygen atoms in total. The standard InChI is InChI=1S/C18H17N3O4/c1-12-3-9-15(10-4-12)20-16(22)17(23)21-19-11-13-5-7-14(8-6-13)18(24)25-2/h3-11H,1-2H3,(H,20,22)(H,21,23). The van der Waals surface area contributed by atoms with Crippen LogP contribution in [0.1, 0.15) is 21.5 Å². The molecule has 2 rings (SSSR count). The summed E-state index contributed by atoms with van der Waals surface area (Å²) in [5.74, 6) is -2.14. The fourth-order valence-electron chi connectivity index (χ4n) is 1.86. The fraction of sp³-hybridized carbons (Fsp3) is 0.111. The number of nitrogens with zero attached hydrogens (tertiary/aromatic N) is 1. The molecule has 0 fully saturated rings. The molecule has 0 aliphatic carbocycles. The molecule has 0 aromatic heterocycles. The van der Waals surface area contributed by atoms with E-state index < -0.39 is 17.8 Å². The first-order chi connectivity index (χ1) is 12.0. The van der Waals surface area contributed by atoms with Crippen LogP contribution in [0.5, 0.6) is 0 Å². The van der Waals surface area contributed by atoms with Gasteiger partial charge in [-0.1, -0.05) is 29.8 Å². The van der Waals surface area contributed by atoms with Crippen molar-refractivity contribution in [2.24, 2.45) is 5.10 Å². The van der Waals surface area contributed by atoms with Gasteiger partial charge in [-0.3, -0.25) is 9.59 Å². The van der Waals surface area contributed by atoms with Crippen molar-refractivity contribution in [3.63, 3.8) is 0 Å². The van der Waals surface area contributed by atoms with Crippen molar-refractivity contribution in [1.29, 1.82) is 0 Å². The third-order valence-electron chi connectivity index (χ3n) is 3.23. The van der Waals surface area contributed by atoms with Gasteiger partial charge in [0, 0.05) is 5.69 Å². The van der Waals surface area contributed by atoms with Gasteiger partial charge in [0.1, 0.15) is 0 Å². The maximum Gasteiger partial charge on any atom is 0.337 e. The summed E-state index contributed by atoms with van der Waals surface area (Å²) in [5.41, 5.74) is 4.76. The Labute approximate surface area is 144 Å². The van der Waals surface area contributed by atoms with Gasteiger partial charge in [0.05, 0.1) is 18.9 Å². The van der Waals surface area contributed by atoms with E-state index in [1.54, 1.807) is 36.4 Å². The molecule has 0 aliphatic rings. The van der Waals surface area contributed by atoms with E-state index in [2.05, 4.69) is 20.6 Å². The summed E-state index contributed by atoms with van der Waals surface area (Å²) < 4.78 is 4.60. The number of aryl methyl sites for hydroxylation is 1. The SMILES string of the molecule is COC(=O)c1ccc(C=NNC(=O)C(=O)Nc2ccc(C)cc2)cc1. The largest absolute Gasteiger partial charge is 0.465 e. The number of carbonyl (C=O) groups is 3. The number of methoxy groups -OCH3 is 1. The molecule has 0 saturated heterocycles. The molecule has 2 aromatic carbocycles. The van der Waals surface area contributed by atoms with Crippen LogP contribution in [0.3, 0.4) is 0 Å². The van der Waals surface area contributed by atoms with E-state index >= 15 is 0 Å². The number of nitrogens with one attached hydrogen (secondary N) is 2. The zero-order valence-corrected chi connectivity index (χ0v) is 13.8. The number of anilines is 1.